The fraction of sp³-hybridized carbons (Fsp3) is 0.167. The van der Waals surface area contributed by atoms with Crippen molar-refractivity contribution in [2.24, 2.45) is 0 Å². The number of hydrogen-bond acceptors (Lipinski definition) is 5. The van der Waals surface area contributed by atoms with Crippen LogP contribution in [0.2, 0.25) is 0 Å². The van der Waals surface area contributed by atoms with Crippen LogP contribution in [0.1, 0.15) is 18.4 Å². The summed E-state index contributed by atoms with van der Waals surface area (Å²) >= 11 is 1.55. The zero-order valence-corrected chi connectivity index (χ0v) is 17.5. The molecule has 156 valence electrons. The molecule has 5 rings (SSSR count). The van der Waals surface area contributed by atoms with Gasteiger partial charge in [-0.05, 0) is 35.7 Å². The average molecular weight is 434 g/mol. The van der Waals surface area contributed by atoms with Crippen LogP contribution in [0.5, 0.6) is 11.5 Å². The highest BCUT2D eigenvalue weighted by Crippen LogP contribution is 2.39. The number of pyridine rings is 1. The Hall–Kier alpha value is -3.45. The second kappa shape index (κ2) is 8.00. The molecule has 1 fully saturated rings. The van der Waals surface area contributed by atoms with Crippen molar-refractivity contribution in [3.63, 3.8) is 0 Å². The molecular weight excluding hydrogens is 413 g/mol. The van der Waals surface area contributed by atoms with Gasteiger partial charge in [-0.2, -0.15) is 0 Å². The maximum absolute atomic E-state index is 14.2. The average Bonchev–Trinajstić information content (AvgIpc) is 3.37. The van der Waals surface area contributed by atoms with E-state index < -0.39 is 5.82 Å². The van der Waals surface area contributed by atoms with Gasteiger partial charge in [0.25, 0.3) is 0 Å². The standard InChI is InChI=1S/C24H20FN3O2S/c25-18-12-17(26)7-8-20(18)30-21-9-10-27-19-13-22(31-24(19)21)16-5-3-15(4-6-16)14-28-11-1-2-23(28)29/h3-10,12-13H,1-2,11,14,26H2. The Morgan fingerprint density at radius 2 is 1.94 bits per heavy atom. The van der Waals surface area contributed by atoms with E-state index in [0.717, 1.165) is 39.2 Å². The zero-order chi connectivity index (χ0) is 21.4. The fourth-order valence-electron chi connectivity index (χ4n) is 3.72. The van der Waals surface area contributed by atoms with Crippen LogP contribution in [0.4, 0.5) is 10.1 Å². The van der Waals surface area contributed by atoms with E-state index in [0.29, 0.717) is 24.4 Å². The van der Waals surface area contributed by atoms with E-state index in [-0.39, 0.29) is 11.7 Å². The number of amides is 1. The predicted molar refractivity (Wildman–Crippen MR) is 121 cm³/mol. The van der Waals surface area contributed by atoms with Gasteiger partial charge in [0.2, 0.25) is 5.91 Å². The Bertz CT molecular complexity index is 1270. The lowest BCUT2D eigenvalue weighted by Gasteiger charge is -2.15. The largest absolute Gasteiger partial charge is 0.453 e. The van der Waals surface area contributed by atoms with E-state index in [4.69, 9.17) is 10.5 Å². The lowest BCUT2D eigenvalue weighted by Crippen LogP contribution is -2.23. The summed E-state index contributed by atoms with van der Waals surface area (Å²) in [6.45, 7) is 1.48. The van der Waals surface area contributed by atoms with Crippen LogP contribution in [0, 0.1) is 5.82 Å². The number of anilines is 1. The van der Waals surface area contributed by atoms with Crippen LogP contribution in [-0.2, 0) is 11.3 Å². The molecule has 5 nitrogen and oxygen atoms in total. The minimum atomic E-state index is -0.506. The predicted octanol–water partition coefficient (Wildman–Crippen LogP) is 5.60. The highest BCUT2D eigenvalue weighted by atomic mass is 32.1. The Balaban J connectivity index is 1.41. The van der Waals surface area contributed by atoms with Crippen LogP contribution < -0.4 is 10.5 Å². The summed E-state index contributed by atoms with van der Waals surface area (Å²) in [6, 6.07) is 16.3. The quantitative estimate of drug-likeness (QED) is 0.416. The van der Waals surface area contributed by atoms with Crippen LogP contribution >= 0.6 is 11.3 Å². The summed E-state index contributed by atoms with van der Waals surface area (Å²) in [7, 11) is 0. The van der Waals surface area contributed by atoms with E-state index in [9.17, 15) is 9.18 Å². The zero-order valence-electron chi connectivity index (χ0n) is 16.7. The van der Waals surface area contributed by atoms with Crippen molar-refractivity contribution in [1.82, 2.24) is 9.88 Å². The van der Waals surface area contributed by atoms with Gasteiger partial charge in [0.1, 0.15) is 5.75 Å². The molecule has 31 heavy (non-hydrogen) atoms. The number of likely N-dealkylation sites (tertiary alicyclic amines) is 1. The first-order valence-electron chi connectivity index (χ1n) is 10.1. The molecule has 2 aromatic heterocycles. The van der Waals surface area contributed by atoms with E-state index in [1.165, 1.54) is 12.1 Å². The molecule has 2 aromatic carbocycles. The summed E-state index contributed by atoms with van der Waals surface area (Å²) in [5.74, 6) is 0.394. The molecular formula is C24H20FN3O2S. The molecule has 0 spiro atoms. The van der Waals surface area contributed by atoms with Gasteiger partial charge in [-0.15, -0.1) is 11.3 Å². The molecule has 3 heterocycles. The Morgan fingerprint density at radius 1 is 1.10 bits per heavy atom. The number of rotatable bonds is 5. The van der Waals surface area contributed by atoms with Crippen molar-refractivity contribution in [3.05, 3.63) is 72.2 Å². The van der Waals surface area contributed by atoms with Gasteiger partial charge in [0, 0.05) is 48.4 Å². The van der Waals surface area contributed by atoms with Crippen molar-refractivity contribution < 1.29 is 13.9 Å². The van der Waals surface area contributed by atoms with Crippen molar-refractivity contribution in [3.8, 4) is 21.9 Å². The first-order chi connectivity index (χ1) is 15.1. The number of nitrogens with zero attached hydrogens (tertiary/aromatic N) is 2. The van der Waals surface area contributed by atoms with Gasteiger partial charge in [0.05, 0.1) is 10.2 Å². The monoisotopic (exact) mass is 433 g/mol. The molecule has 0 bridgehead atoms. The van der Waals surface area contributed by atoms with Crippen LogP contribution in [0.25, 0.3) is 20.7 Å². The first kappa shape index (κ1) is 19.5. The van der Waals surface area contributed by atoms with Gasteiger partial charge in [0.15, 0.2) is 11.6 Å². The molecule has 1 aliphatic rings. The summed E-state index contributed by atoms with van der Waals surface area (Å²) in [5, 5.41) is 0. The number of aromatic nitrogens is 1. The third-order valence-corrected chi connectivity index (χ3v) is 6.52. The van der Waals surface area contributed by atoms with Gasteiger partial charge in [-0.3, -0.25) is 9.78 Å². The maximum Gasteiger partial charge on any atom is 0.222 e. The molecule has 0 radical (unpaired) electrons. The first-order valence-corrected chi connectivity index (χ1v) is 10.9. The number of carbonyl (C=O) groups is 1. The lowest BCUT2D eigenvalue weighted by atomic mass is 10.1. The number of halogens is 1. The number of benzene rings is 2. The van der Waals surface area contributed by atoms with E-state index in [1.54, 1.807) is 29.7 Å². The topological polar surface area (TPSA) is 68.5 Å². The van der Waals surface area contributed by atoms with Gasteiger partial charge in [-0.1, -0.05) is 24.3 Å². The van der Waals surface area contributed by atoms with Crippen molar-refractivity contribution in [2.45, 2.75) is 19.4 Å². The molecule has 0 aliphatic carbocycles. The fourth-order valence-corrected chi connectivity index (χ4v) is 4.79. The second-order valence-corrected chi connectivity index (χ2v) is 8.59. The van der Waals surface area contributed by atoms with Gasteiger partial charge < -0.3 is 15.4 Å². The molecule has 1 amide bonds. The Labute approximate surface area is 182 Å². The van der Waals surface area contributed by atoms with Crippen LogP contribution in [0.3, 0.4) is 0 Å². The molecule has 0 unspecified atom stereocenters. The van der Waals surface area contributed by atoms with Crippen molar-refractivity contribution in [2.75, 3.05) is 12.3 Å². The number of thiophene rings is 1. The Kier molecular flexibility index (Phi) is 5.03. The minimum Gasteiger partial charge on any atom is -0.453 e. The van der Waals surface area contributed by atoms with E-state index in [2.05, 4.69) is 29.2 Å². The van der Waals surface area contributed by atoms with Crippen molar-refractivity contribution in [1.29, 1.82) is 0 Å². The number of hydrogen-bond donors (Lipinski definition) is 1. The molecule has 2 N–H and O–H groups in total. The van der Waals surface area contributed by atoms with Crippen LogP contribution in [0.15, 0.2) is 60.8 Å². The lowest BCUT2D eigenvalue weighted by molar-refractivity contribution is -0.128. The molecule has 0 atom stereocenters. The molecule has 1 saturated heterocycles. The molecule has 7 heteroatoms. The summed E-state index contributed by atoms with van der Waals surface area (Å²) in [5.41, 5.74) is 8.93. The third kappa shape index (κ3) is 3.96. The molecule has 4 aromatic rings. The number of nitrogen functional groups attached to an aromatic ring is 1. The highest BCUT2D eigenvalue weighted by Gasteiger charge is 2.20. The summed E-state index contributed by atoms with van der Waals surface area (Å²) < 4.78 is 20.9. The highest BCUT2D eigenvalue weighted by molar-refractivity contribution is 7.22. The van der Waals surface area contributed by atoms with Gasteiger partial charge >= 0.3 is 0 Å². The minimum absolute atomic E-state index is 0.123. The summed E-state index contributed by atoms with van der Waals surface area (Å²) in [4.78, 5) is 19.2. The summed E-state index contributed by atoms with van der Waals surface area (Å²) in [6.07, 6.45) is 3.24. The number of nitrogens with two attached hydrogens (primary N) is 1. The molecule has 0 saturated carbocycles. The van der Waals surface area contributed by atoms with Gasteiger partial charge in [-0.25, -0.2) is 4.39 Å². The normalized spacial score (nSPS) is 13.8. The number of fused-ring (bicyclic) bond motifs is 1. The second-order valence-electron chi connectivity index (χ2n) is 7.54. The smallest absolute Gasteiger partial charge is 0.222 e. The third-order valence-electron chi connectivity index (χ3n) is 5.33. The van der Waals surface area contributed by atoms with Crippen molar-refractivity contribution >= 4 is 33.1 Å². The van der Waals surface area contributed by atoms with E-state index in [1.807, 2.05) is 11.0 Å². The SMILES string of the molecule is Nc1ccc(Oc2ccnc3cc(-c4ccc(CN5CCCC5=O)cc4)sc23)c(F)c1. The Morgan fingerprint density at radius 3 is 2.68 bits per heavy atom. The van der Waals surface area contributed by atoms with Crippen LogP contribution in [-0.4, -0.2) is 22.3 Å². The number of carbonyl (C=O) groups excluding carboxylic acids is 1. The van der Waals surface area contributed by atoms with E-state index >= 15 is 0 Å². The molecule has 1 aliphatic heterocycles. The maximum atomic E-state index is 14.2. The number of ether oxygens (including phenoxy) is 1.